The Morgan fingerprint density at radius 2 is 1.72 bits per heavy atom. The Balaban J connectivity index is 1.13. The number of hydrogen-bond donors (Lipinski definition) is 0. The predicted molar refractivity (Wildman–Crippen MR) is 174 cm³/mol. The molecule has 3 saturated heterocycles. The fourth-order valence-corrected chi connectivity index (χ4v) is 6.75. The van der Waals surface area contributed by atoms with Gasteiger partial charge in [0.1, 0.15) is 29.6 Å². The lowest BCUT2D eigenvalue weighted by molar-refractivity contribution is 0.0121. The number of anilines is 1. The molecule has 11 nitrogen and oxygen atoms in total. The molecule has 0 saturated carbocycles. The number of piperazine rings is 2. The Bertz CT molecular complexity index is 1510. The average Bonchev–Trinajstić information content (AvgIpc) is 3.30. The number of pyridine rings is 1. The average molecular weight is 656 g/mol. The van der Waals surface area contributed by atoms with Gasteiger partial charge in [0.15, 0.2) is 11.0 Å². The molecule has 3 aliphatic heterocycles. The van der Waals surface area contributed by atoms with Gasteiger partial charge in [-0.3, -0.25) is 14.7 Å². The van der Waals surface area contributed by atoms with Crippen LogP contribution in [0.1, 0.15) is 39.2 Å². The van der Waals surface area contributed by atoms with E-state index in [1.165, 1.54) is 11.8 Å². The molecule has 2 unspecified atom stereocenters. The molecule has 2 aromatic heterocycles. The minimum Gasteiger partial charge on any atom is -0.461 e. The number of carbonyl (C=O) groups excluding carboxylic acids is 1. The first-order chi connectivity index (χ1) is 22.1. The zero-order valence-corrected chi connectivity index (χ0v) is 27.7. The molecule has 0 N–H and O–H groups in total. The Morgan fingerprint density at radius 1 is 1.04 bits per heavy atom. The number of carbonyl (C=O) groups is 1. The van der Waals surface area contributed by atoms with Crippen molar-refractivity contribution < 1.29 is 23.4 Å². The van der Waals surface area contributed by atoms with E-state index in [0.29, 0.717) is 30.8 Å². The van der Waals surface area contributed by atoms with Gasteiger partial charge in [0, 0.05) is 65.7 Å². The Kier molecular flexibility index (Phi) is 9.79. The van der Waals surface area contributed by atoms with Gasteiger partial charge in [-0.25, -0.2) is 14.2 Å². The van der Waals surface area contributed by atoms with Crippen LogP contribution in [0, 0.1) is 5.82 Å². The van der Waals surface area contributed by atoms with E-state index in [-0.39, 0.29) is 47.6 Å². The van der Waals surface area contributed by atoms with Gasteiger partial charge in [-0.05, 0) is 39.2 Å². The third kappa shape index (κ3) is 7.46. The van der Waals surface area contributed by atoms with Gasteiger partial charge in [-0.1, -0.05) is 41.9 Å². The number of hydrogen-bond acceptors (Lipinski definition) is 10. The van der Waals surface area contributed by atoms with E-state index in [0.717, 1.165) is 45.6 Å². The molecule has 3 atom stereocenters. The zero-order chi connectivity index (χ0) is 32.4. The van der Waals surface area contributed by atoms with Crippen molar-refractivity contribution in [3.63, 3.8) is 0 Å². The van der Waals surface area contributed by atoms with Gasteiger partial charge in [0.05, 0.1) is 17.5 Å². The summed E-state index contributed by atoms with van der Waals surface area (Å²) in [5.41, 5.74) is 0.785. The molecule has 6 rings (SSSR count). The minimum atomic E-state index is -0.723. The van der Waals surface area contributed by atoms with E-state index in [1.54, 1.807) is 7.11 Å². The number of halogens is 2. The molecule has 0 radical (unpaired) electrons. The van der Waals surface area contributed by atoms with Crippen LogP contribution in [0.25, 0.3) is 10.9 Å². The third-order valence-corrected chi connectivity index (χ3v) is 9.16. The summed E-state index contributed by atoms with van der Waals surface area (Å²) in [5, 5.41) is 0.176. The lowest BCUT2D eigenvalue weighted by atomic mass is 10.1. The monoisotopic (exact) mass is 655 g/mol. The molecule has 46 heavy (non-hydrogen) atoms. The summed E-state index contributed by atoms with van der Waals surface area (Å²) in [6, 6.07) is 10.4. The summed E-state index contributed by atoms with van der Waals surface area (Å²) in [6.45, 7) is 12.3. The van der Waals surface area contributed by atoms with Crippen molar-refractivity contribution in [1.29, 1.82) is 0 Å². The molecule has 3 aromatic rings. The molecule has 13 heteroatoms. The maximum absolute atomic E-state index is 15.3. The standard InChI is InChI=1S/C33H43ClFN7O4/c1-33(2,3)46-32(43)42-23-10-11-24(42)19-41(18-23)30-26-16-36-29(34)27(35)28(26)37-31(38-30)45-21-25(44-4)20-40-14-12-39(13-15-40)17-22-8-6-5-7-9-22/h5-9,16,23-25H,10-15,17-21H2,1-4H3/t23?,24?,25-/m1/s1. The Labute approximate surface area is 274 Å². The summed E-state index contributed by atoms with van der Waals surface area (Å²) in [6.07, 6.45) is 2.65. The molecule has 2 bridgehead atoms. The van der Waals surface area contributed by atoms with Crippen molar-refractivity contribution in [2.24, 2.45) is 0 Å². The van der Waals surface area contributed by atoms with Crippen LogP contribution in [0.3, 0.4) is 0 Å². The van der Waals surface area contributed by atoms with Gasteiger partial charge >= 0.3 is 12.1 Å². The third-order valence-electron chi connectivity index (χ3n) is 8.89. The van der Waals surface area contributed by atoms with Gasteiger partial charge in [0.25, 0.3) is 0 Å². The first-order valence-corrected chi connectivity index (χ1v) is 16.4. The second-order valence-corrected chi connectivity index (χ2v) is 13.7. The summed E-state index contributed by atoms with van der Waals surface area (Å²) in [7, 11) is 1.66. The number of aromatic nitrogens is 3. The largest absolute Gasteiger partial charge is 0.461 e. The van der Waals surface area contributed by atoms with E-state index in [4.69, 9.17) is 30.8 Å². The summed E-state index contributed by atoms with van der Waals surface area (Å²) >= 11 is 6.07. The number of fused-ring (bicyclic) bond motifs is 3. The summed E-state index contributed by atoms with van der Waals surface area (Å²) in [4.78, 5) is 35.0. The number of ether oxygens (including phenoxy) is 3. The van der Waals surface area contributed by atoms with Crippen LogP contribution in [0.15, 0.2) is 36.5 Å². The SMILES string of the molecule is CO[C@@H](COc1nc(N2CC3CCC(C2)N3C(=O)OC(C)(C)C)c2cnc(Cl)c(F)c2n1)CN1CCN(Cc2ccccc2)CC1. The number of methoxy groups -OCH3 is 1. The van der Waals surface area contributed by atoms with Crippen LogP contribution in [0.4, 0.5) is 15.0 Å². The van der Waals surface area contributed by atoms with E-state index < -0.39 is 11.4 Å². The lowest BCUT2D eigenvalue weighted by Crippen LogP contribution is -2.57. The van der Waals surface area contributed by atoms with Crippen LogP contribution in [0.5, 0.6) is 6.01 Å². The molecular weight excluding hydrogens is 613 g/mol. The minimum absolute atomic E-state index is 0.0420. The van der Waals surface area contributed by atoms with Gasteiger partial charge in [0.2, 0.25) is 0 Å². The van der Waals surface area contributed by atoms with Crippen LogP contribution in [-0.2, 0) is 16.0 Å². The molecule has 3 fully saturated rings. The number of nitrogens with zero attached hydrogens (tertiary/aromatic N) is 7. The summed E-state index contributed by atoms with van der Waals surface area (Å²) in [5.74, 6) is -0.216. The highest BCUT2D eigenvalue weighted by Crippen LogP contribution is 2.37. The fraction of sp³-hybridized carbons (Fsp3) is 0.576. The van der Waals surface area contributed by atoms with Crippen LogP contribution >= 0.6 is 11.6 Å². The van der Waals surface area contributed by atoms with Gasteiger partial charge in [-0.15, -0.1) is 0 Å². The second-order valence-electron chi connectivity index (χ2n) is 13.4. The van der Waals surface area contributed by atoms with Crippen LogP contribution in [0.2, 0.25) is 5.15 Å². The van der Waals surface area contributed by atoms with Gasteiger partial charge < -0.3 is 19.1 Å². The van der Waals surface area contributed by atoms with Crippen molar-refractivity contribution >= 4 is 34.4 Å². The first kappa shape index (κ1) is 32.6. The number of amides is 1. The van der Waals surface area contributed by atoms with E-state index >= 15 is 4.39 Å². The van der Waals surface area contributed by atoms with Crippen molar-refractivity contribution in [3.05, 3.63) is 53.1 Å². The molecule has 1 amide bonds. The van der Waals surface area contributed by atoms with E-state index in [1.807, 2.05) is 31.7 Å². The van der Waals surface area contributed by atoms with E-state index in [2.05, 4.69) is 48.9 Å². The molecule has 3 aliphatic rings. The second kappa shape index (κ2) is 13.8. The summed E-state index contributed by atoms with van der Waals surface area (Å²) < 4.78 is 32.9. The maximum atomic E-state index is 15.3. The van der Waals surface area contributed by atoms with Crippen molar-refractivity contribution in [2.45, 2.75) is 63.9 Å². The number of benzene rings is 1. The Morgan fingerprint density at radius 3 is 2.37 bits per heavy atom. The van der Waals surface area contributed by atoms with E-state index in [9.17, 15) is 4.79 Å². The highest BCUT2D eigenvalue weighted by atomic mass is 35.5. The Hall–Kier alpha value is -3.32. The fourth-order valence-electron chi connectivity index (χ4n) is 6.62. The quantitative estimate of drug-likeness (QED) is 0.304. The van der Waals surface area contributed by atoms with Crippen molar-refractivity contribution in [3.8, 4) is 6.01 Å². The normalized spacial score (nSPS) is 21.5. The topological polar surface area (TPSA) is 96.4 Å². The smallest absolute Gasteiger partial charge is 0.410 e. The van der Waals surface area contributed by atoms with Crippen LogP contribution < -0.4 is 9.64 Å². The van der Waals surface area contributed by atoms with Crippen molar-refractivity contribution in [1.82, 2.24) is 29.7 Å². The zero-order valence-electron chi connectivity index (χ0n) is 27.0. The maximum Gasteiger partial charge on any atom is 0.410 e. The van der Waals surface area contributed by atoms with Gasteiger partial charge in [-0.2, -0.15) is 9.97 Å². The molecule has 1 aromatic carbocycles. The molecule has 0 aliphatic carbocycles. The molecule has 0 spiro atoms. The molecular formula is C33H43ClFN7O4. The molecule has 248 valence electrons. The van der Waals surface area contributed by atoms with Crippen molar-refractivity contribution in [2.75, 3.05) is 64.4 Å². The lowest BCUT2D eigenvalue weighted by Gasteiger charge is -2.42. The first-order valence-electron chi connectivity index (χ1n) is 16.0. The number of rotatable bonds is 9. The molecule has 5 heterocycles. The highest BCUT2D eigenvalue weighted by molar-refractivity contribution is 6.30. The highest BCUT2D eigenvalue weighted by Gasteiger charge is 2.45. The van der Waals surface area contributed by atoms with Crippen LogP contribution in [-0.4, -0.2) is 119 Å². The predicted octanol–water partition coefficient (Wildman–Crippen LogP) is 4.62.